The molecule has 1 aromatic carbocycles. The first kappa shape index (κ1) is 20.7. The van der Waals surface area contributed by atoms with Crippen LogP contribution in [0, 0.1) is 0 Å². The Morgan fingerprint density at radius 2 is 2.10 bits per heavy atom. The number of hydrogen-bond acceptors (Lipinski definition) is 6. The van der Waals surface area contributed by atoms with E-state index < -0.39 is 10.0 Å². The highest BCUT2D eigenvalue weighted by molar-refractivity contribution is 7.89. The number of benzene rings is 1. The minimum Gasteiger partial charge on any atom is -0.446 e. The highest BCUT2D eigenvalue weighted by Gasteiger charge is 2.30. The van der Waals surface area contributed by atoms with Gasteiger partial charge in [-0.3, -0.25) is 5.10 Å². The monoisotopic (exact) mass is 433 g/mol. The summed E-state index contributed by atoms with van der Waals surface area (Å²) < 4.78 is 32.1. The van der Waals surface area contributed by atoms with Gasteiger partial charge in [0, 0.05) is 36.0 Å². The summed E-state index contributed by atoms with van der Waals surface area (Å²) in [5, 5.41) is 13.4. The molecule has 0 spiro atoms. The van der Waals surface area contributed by atoms with E-state index in [0.29, 0.717) is 23.7 Å². The van der Waals surface area contributed by atoms with Gasteiger partial charge in [-0.05, 0) is 63.3 Å². The molecular weight excluding hydrogens is 406 g/mol. The summed E-state index contributed by atoms with van der Waals surface area (Å²) in [6, 6.07) is 7.22. The highest BCUT2D eigenvalue weighted by atomic mass is 32.2. The Morgan fingerprint density at radius 3 is 2.90 bits per heavy atom. The number of carbonyl (C=O) groups excluding carboxylic acids is 1. The van der Waals surface area contributed by atoms with E-state index >= 15 is 0 Å². The van der Waals surface area contributed by atoms with E-state index in [2.05, 4.69) is 25.6 Å². The zero-order valence-corrected chi connectivity index (χ0v) is 17.9. The van der Waals surface area contributed by atoms with Crippen molar-refractivity contribution >= 4 is 27.6 Å². The third-order valence-electron chi connectivity index (χ3n) is 5.41. The Kier molecular flexibility index (Phi) is 5.70. The second-order valence-electron chi connectivity index (χ2n) is 8.14. The number of carbonyl (C=O) groups is 1. The molecule has 2 aromatic rings. The summed E-state index contributed by atoms with van der Waals surface area (Å²) in [5.41, 5.74) is 2.59. The van der Waals surface area contributed by atoms with Crippen LogP contribution in [0.15, 0.2) is 29.2 Å². The van der Waals surface area contributed by atoms with Crippen molar-refractivity contribution in [1.29, 1.82) is 0 Å². The molecule has 30 heavy (non-hydrogen) atoms. The topological polar surface area (TPSA) is 125 Å². The smallest absolute Gasteiger partial charge is 0.407 e. The molecule has 2 heterocycles. The molecule has 1 fully saturated rings. The molecule has 2 atom stereocenters. The van der Waals surface area contributed by atoms with Gasteiger partial charge in [-0.2, -0.15) is 5.10 Å². The van der Waals surface area contributed by atoms with Gasteiger partial charge in [-0.1, -0.05) is 0 Å². The van der Waals surface area contributed by atoms with Crippen LogP contribution in [0.4, 0.5) is 16.3 Å². The van der Waals surface area contributed by atoms with E-state index in [1.165, 1.54) is 0 Å². The lowest BCUT2D eigenvalue weighted by atomic mass is 10.0. The number of anilines is 2. The van der Waals surface area contributed by atoms with E-state index in [4.69, 9.17) is 4.74 Å². The molecule has 4 rings (SSSR count). The van der Waals surface area contributed by atoms with Crippen molar-refractivity contribution in [3.63, 3.8) is 0 Å². The van der Waals surface area contributed by atoms with Gasteiger partial charge in [0.05, 0.1) is 4.90 Å². The standard InChI is InChI=1S/C20H27N5O4S/c1-12(2)22-20(26)29-16-5-3-13(10-16)17-11-19(25-24-17)23-15-4-6-18-14(9-15)7-8-21-30(18,27)28/h4,6,9,11-13,16,21H,3,5,7-8,10H2,1-2H3,(H,22,26)(H2,23,24,25)/t13-,16+/m0/s1. The van der Waals surface area contributed by atoms with Crippen molar-refractivity contribution in [2.75, 3.05) is 11.9 Å². The van der Waals surface area contributed by atoms with Gasteiger partial charge in [0.2, 0.25) is 10.0 Å². The zero-order valence-electron chi connectivity index (χ0n) is 17.1. The first-order valence-corrected chi connectivity index (χ1v) is 11.7. The number of aromatic nitrogens is 2. The summed E-state index contributed by atoms with van der Waals surface area (Å²) >= 11 is 0. The van der Waals surface area contributed by atoms with Crippen LogP contribution in [-0.4, -0.2) is 43.4 Å². The van der Waals surface area contributed by atoms with Crippen LogP contribution < -0.4 is 15.4 Å². The molecule has 0 saturated heterocycles. The Bertz CT molecular complexity index is 1030. The van der Waals surface area contributed by atoms with Crippen molar-refractivity contribution < 1.29 is 17.9 Å². The van der Waals surface area contributed by atoms with Crippen LogP contribution >= 0.6 is 0 Å². The SMILES string of the molecule is CC(C)NC(=O)O[C@@H]1CC[C@H](c2cc(Nc3ccc4c(c3)CCNS4(=O)=O)n[nH]2)C1. The number of alkyl carbamates (subject to hydrolysis) is 1. The number of hydrogen-bond donors (Lipinski definition) is 4. The number of fused-ring (bicyclic) bond motifs is 1. The van der Waals surface area contributed by atoms with Crippen molar-refractivity contribution in [3.05, 3.63) is 35.5 Å². The van der Waals surface area contributed by atoms with E-state index in [-0.39, 0.29) is 24.2 Å². The minimum absolute atomic E-state index is 0.0518. The van der Waals surface area contributed by atoms with Gasteiger partial charge < -0.3 is 15.4 Å². The van der Waals surface area contributed by atoms with Crippen molar-refractivity contribution in [3.8, 4) is 0 Å². The number of sulfonamides is 1. The number of aromatic amines is 1. The quantitative estimate of drug-likeness (QED) is 0.575. The molecule has 162 valence electrons. The van der Waals surface area contributed by atoms with Crippen LogP contribution in [0.2, 0.25) is 0 Å². The number of amides is 1. The predicted octanol–water partition coefficient (Wildman–Crippen LogP) is 2.76. The second kappa shape index (κ2) is 8.27. The molecule has 1 saturated carbocycles. The van der Waals surface area contributed by atoms with Crippen LogP contribution in [0.5, 0.6) is 0 Å². The maximum atomic E-state index is 12.1. The fraction of sp³-hybridized carbons (Fsp3) is 0.500. The lowest BCUT2D eigenvalue weighted by Crippen LogP contribution is -2.33. The fourth-order valence-electron chi connectivity index (χ4n) is 4.02. The zero-order chi connectivity index (χ0) is 21.3. The van der Waals surface area contributed by atoms with Gasteiger partial charge in [-0.15, -0.1) is 0 Å². The van der Waals surface area contributed by atoms with Crippen LogP contribution in [-0.2, 0) is 21.2 Å². The van der Waals surface area contributed by atoms with Crippen molar-refractivity contribution in [1.82, 2.24) is 20.2 Å². The first-order valence-electron chi connectivity index (χ1n) is 10.2. The molecule has 2 aliphatic rings. The fourth-order valence-corrected chi connectivity index (χ4v) is 5.30. The van der Waals surface area contributed by atoms with Gasteiger partial charge >= 0.3 is 6.09 Å². The van der Waals surface area contributed by atoms with E-state index in [9.17, 15) is 13.2 Å². The van der Waals surface area contributed by atoms with E-state index in [1.54, 1.807) is 12.1 Å². The summed E-state index contributed by atoms with van der Waals surface area (Å²) in [6.07, 6.45) is 2.70. The minimum atomic E-state index is -3.40. The summed E-state index contributed by atoms with van der Waals surface area (Å²) in [5.74, 6) is 0.924. The molecule has 0 unspecified atom stereocenters. The normalized spacial score (nSPS) is 22.5. The van der Waals surface area contributed by atoms with Gasteiger partial charge in [0.1, 0.15) is 6.10 Å². The third kappa shape index (κ3) is 4.59. The molecule has 4 N–H and O–H groups in total. The van der Waals surface area contributed by atoms with E-state index in [1.807, 2.05) is 26.0 Å². The van der Waals surface area contributed by atoms with Gasteiger partial charge in [0.15, 0.2) is 5.82 Å². The average molecular weight is 434 g/mol. The Balaban J connectivity index is 1.38. The number of nitrogens with one attached hydrogen (secondary N) is 4. The largest absolute Gasteiger partial charge is 0.446 e. The number of rotatable bonds is 5. The lowest BCUT2D eigenvalue weighted by Gasteiger charge is -2.18. The molecule has 0 radical (unpaired) electrons. The third-order valence-corrected chi connectivity index (χ3v) is 6.97. The second-order valence-corrected chi connectivity index (χ2v) is 9.88. The predicted molar refractivity (Wildman–Crippen MR) is 112 cm³/mol. The Hall–Kier alpha value is -2.59. The van der Waals surface area contributed by atoms with Crippen LogP contribution in [0.1, 0.15) is 50.3 Å². The van der Waals surface area contributed by atoms with Crippen LogP contribution in [0.3, 0.4) is 0 Å². The molecule has 9 nitrogen and oxygen atoms in total. The molecule has 1 amide bonds. The highest BCUT2D eigenvalue weighted by Crippen LogP contribution is 2.36. The number of H-pyrrole nitrogens is 1. The van der Waals surface area contributed by atoms with Gasteiger partial charge in [0.25, 0.3) is 0 Å². The summed E-state index contributed by atoms with van der Waals surface area (Å²) in [7, 11) is -3.40. The average Bonchev–Trinajstić information content (AvgIpc) is 3.30. The summed E-state index contributed by atoms with van der Waals surface area (Å²) in [4.78, 5) is 12.1. The first-order chi connectivity index (χ1) is 14.3. The lowest BCUT2D eigenvalue weighted by molar-refractivity contribution is 0.0981. The molecular formula is C20H27N5O4S. The molecule has 1 aromatic heterocycles. The van der Waals surface area contributed by atoms with E-state index in [0.717, 1.165) is 36.2 Å². The summed E-state index contributed by atoms with van der Waals surface area (Å²) in [6.45, 7) is 4.21. The maximum Gasteiger partial charge on any atom is 0.407 e. The van der Waals surface area contributed by atoms with Crippen molar-refractivity contribution in [2.45, 2.75) is 62.5 Å². The molecule has 10 heteroatoms. The number of ether oxygens (including phenoxy) is 1. The van der Waals surface area contributed by atoms with Crippen molar-refractivity contribution in [2.24, 2.45) is 0 Å². The van der Waals surface area contributed by atoms with Gasteiger partial charge in [-0.25, -0.2) is 17.9 Å². The Morgan fingerprint density at radius 1 is 1.27 bits per heavy atom. The molecule has 1 aliphatic heterocycles. The maximum absolute atomic E-state index is 12.1. The Labute approximate surface area is 176 Å². The van der Waals surface area contributed by atoms with Crippen LogP contribution in [0.25, 0.3) is 0 Å². The molecule has 0 bridgehead atoms. The number of nitrogens with zero attached hydrogens (tertiary/aromatic N) is 1. The molecule has 1 aliphatic carbocycles.